The fourth-order valence-corrected chi connectivity index (χ4v) is 1.64. The van der Waals surface area contributed by atoms with Gasteiger partial charge in [-0.1, -0.05) is 12.1 Å². The smallest absolute Gasteiger partial charge is 0.144 e. The Balaban J connectivity index is 2.67. The van der Waals surface area contributed by atoms with Crippen molar-refractivity contribution in [2.75, 3.05) is 0 Å². The molecule has 2 rings (SSSR count). The van der Waals surface area contributed by atoms with Crippen LogP contribution in [0.1, 0.15) is 0 Å². The highest BCUT2D eigenvalue weighted by molar-refractivity contribution is 7.75. The predicted octanol–water partition coefficient (Wildman–Crippen LogP) is 3.29. The van der Waals surface area contributed by atoms with Crippen molar-refractivity contribution in [1.82, 2.24) is 0 Å². The quantitative estimate of drug-likeness (QED) is 0.602. The average molecular weight is 224 g/mol. The van der Waals surface area contributed by atoms with Crippen molar-refractivity contribution in [1.29, 1.82) is 0 Å². The van der Waals surface area contributed by atoms with Crippen LogP contribution in [0.5, 0.6) is 11.5 Å². The van der Waals surface area contributed by atoms with Gasteiger partial charge in [-0.15, -0.1) is 0 Å². The van der Waals surface area contributed by atoms with E-state index in [-0.39, 0.29) is 0 Å². The Morgan fingerprint density at radius 3 is 2.50 bits per heavy atom. The number of hydrogen-bond donors (Lipinski definition) is 2. The lowest BCUT2D eigenvalue weighted by Gasteiger charge is -2.04. The highest BCUT2D eigenvalue weighted by atomic mass is 32.1. The summed E-state index contributed by atoms with van der Waals surface area (Å²) >= 11 is 7.53. The lowest BCUT2D eigenvalue weighted by molar-refractivity contribution is 0.658. The summed E-state index contributed by atoms with van der Waals surface area (Å²) in [6, 6.07) is 11.4. The largest absolute Gasteiger partial charge is 0.429 e. The molecule has 0 N–H and O–H groups in total. The van der Waals surface area contributed by atoms with Gasteiger partial charge in [0.2, 0.25) is 0 Å². The van der Waals surface area contributed by atoms with Gasteiger partial charge in [-0.2, -0.15) is 0 Å². The van der Waals surface area contributed by atoms with E-state index in [0.29, 0.717) is 5.75 Å². The normalized spacial score (nSPS) is 10.1. The average Bonchev–Trinajstić information content (AvgIpc) is 2.27. The molecule has 14 heavy (non-hydrogen) atoms. The second kappa shape index (κ2) is 4.02. The zero-order chi connectivity index (χ0) is 9.97. The third kappa shape index (κ3) is 1.63. The maximum Gasteiger partial charge on any atom is 0.144 e. The monoisotopic (exact) mass is 224 g/mol. The molecule has 0 aliphatic heterocycles. The highest BCUT2D eigenvalue weighted by Gasteiger charge is 2.01. The summed E-state index contributed by atoms with van der Waals surface area (Å²) < 4.78 is 9.77. The molecule has 2 aromatic carbocycles. The molecule has 4 heteroatoms. The first kappa shape index (κ1) is 9.55. The first-order chi connectivity index (χ1) is 6.85. The Morgan fingerprint density at radius 1 is 0.929 bits per heavy atom. The van der Waals surface area contributed by atoms with Crippen LogP contribution in [-0.4, -0.2) is 0 Å². The Morgan fingerprint density at radius 2 is 1.79 bits per heavy atom. The molecule has 0 spiro atoms. The minimum Gasteiger partial charge on any atom is -0.429 e. The molecule has 0 radical (unpaired) electrons. The lowest BCUT2D eigenvalue weighted by atomic mass is 10.1. The fraction of sp³-hybridized carbons (Fsp3) is 0. The maximum atomic E-state index is 4.94. The number of rotatable bonds is 2. The van der Waals surface area contributed by atoms with E-state index in [1.807, 2.05) is 36.4 Å². The van der Waals surface area contributed by atoms with Crippen LogP contribution in [0.2, 0.25) is 0 Å². The van der Waals surface area contributed by atoms with E-state index in [9.17, 15) is 0 Å². The van der Waals surface area contributed by atoms with Crippen LogP contribution in [-0.2, 0) is 0 Å². The lowest BCUT2D eigenvalue weighted by Crippen LogP contribution is -1.80. The van der Waals surface area contributed by atoms with E-state index in [0.717, 1.165) is 16.5 Å². The summed E-state index contributed by atoms with van der Waals surface area (Å²) in [6.45, 7) is 0. The molecule has 0 aliphatic carbocycles. The zero-order valence-electron chi connectivity index (χ0n) is 7.18. The Bertz CT molecular complexity index is 457. The molecule has 0 bridgehead atoms. The van der Waals surface area contributed by atoms with Crippen LogP contribution in [0.3, 0.4) is 0 Å². The van der Waals surface area contributed by atoms with Crippen LogP contribution in [0.25, 0.3) is 10.8 Å². The number of hydrogen-bond acceptors (Lipinski definition) is 4. The molecule has 0 atom stereocenters. The molecular formula is C10H8O2S2. The summed E-state index contributed by atoms with van der Waals surface area (Å²) in [7, 11) is 0. The first-order valence-electron chi connectivity index (χ1n) is 4.01. The second-order valence-electron chi connectivity index (χ2n) is 2.82. The number of benzene rings is 2. The molecule has 0 amide bonds. The van der Waals surface area contributed by atoms with Crippen molar-refractivity contribution in [3.05, 3.63) is 36.4 Å². The van der Waals surface area contributed by atoms with Crippen molar-refractivity contribution >= 4 is 36.6 Å². The third-order valence-corrected chi connectivity index (χ3v) is 2.42. The maximum absolute atomic E-state index is 4.94. The molecule has 0 heterocycles. The predicted molar refractivity (Wildman–Crippen MR) is 63.2 cm³/mol. The summed E-state index contributed by atoms with van der Waals surface area (Å²) in [5.41, 5.74) is 0. The van der Waals surface area contributed by atoms with E-state index >= 15 is 0 Å². The van der Waals surface area contributed by atoms with Crippen LogP contribution in [0.15, 0.2) is 36.4 Å². The van der Waals surface area contributed by atoms with Gasteiger partial charge >= 0.3 is 0 Å². The van der Waals surface area contributed by atoms with E-state index < -0.39 is 0 Å². The van der Waals surface area contributed by atoms with Crippen LogP contribution < -0.4 is 8.37 Å². The molecular weight excluding hydrogens is 216 g/mol. The van der Waals surface area contributed by atoms with Gasteiger partial charge in [0.25, 0.3) is 0 Å². The van der Waals surface area contributed by atoms with Gasteiger partial charge in [-0.25, -0.2) is 0 Å². The Hall–Kier alpha value is -1.00. The van der Waals surface area contributed by atoms with Gasteiger partial charge in [0.15, 0.2) is 0 Å². The van der Waals surface area contributed by atoms with Crippen molar-refractivity contribution in [3.63, 3.8) is 0 Å². The van der Waals surface area contributed by atoms with Crippen LogP contribution in [0, 0.1) is 0 Å². The molecule has 0 saturated heterocycles. The summed E-state index contributed by atoms with van der Waals surface area (Å²) in [5, 5.41) is 2.03. The van der Waals surface area contributed by atoms with Gasteiger partial charge in [-0.3, -0.25) is 0 Å². The van der Waals surface area contributed by atoms with Gasteiger partial charge in [-0.05, 0) is 29.7 Å². The van der Waals surface area contributed by atoms with E-state index in [1.165, 1.54) is 0 Å². The molecule has 0 fully saturated rings. The van der Waals surface area contributed by atoms with E-state index in [2.05, 4.69) is 25.8 Å². The molecule has 2 aromatic rings. The van der Waals surface area contributed by atoms with Crippen molar-refractivity contribution in [3.8, 4) is 11.5 Å². The molecule has 0 saturated carbocycles. The van der Waals surface area contributed by atoms with Gasteiger partial charge in [0.1, 0.15) is 11.5 Å². The van der Waals surface area contributed by atoms with Crippen LogP contribution >= 0.6 is 25.8 Å². The van der Waals surface area contributed by atoms with E-state index in [1.54, 1.807) is 0 Å². The SMILES string of the molecule is SOc1ccc2c(OS)cccc2c1. The van der Waals surface area contributed by atoms with Crippen molar-refractivity contribution in [2.24, 2.45) is 0 Å². The molecule has 2 nitrogen and oxygen atoms in total. The topological polar surface area (TPSA) is 18.5 Å². The van der Waals surface area contributed by atoms with Gasteiger partial charge in [0, 0.05) is 31.2 Å². The Labute approximate surface area is 93.1 Å². The van der Waals surface area contributed by atoms with Crippen LogP contribution in [0.4, 0.5) is 0 Å². The number of thiol groups is 2. The molecule has 0 unspecified atom stereocenters. The fourth-order valence-electron chi connectivity index (χ4n) is 1.37. The second-order valence-corrected chi connectivity index (χ2v) is 3.19. The Kier molecular flexibility index (Phi) is 2.74. The third-order valence-electron chi connectivity index (χ3n) is 2.02. The van der Waals surface area contributed by atoms with Gasteiger partial charge < -0.3 is 8.37 Å². The number of fused-ring (bicyclic) bond motifs is 1. The van der Waals surface area contributed by atoms with Crippen molar-refractivity contribution in [2.45, 2.75) is 0 Å². The van der Waals surface area contributed by atoms with Gasteiger partial charge in [0.05, 0.1) is 0 Å². The zero-order valence-corrected chi connectivity index (χ0v) is 8.96. The van der Waals surface area contributed by atoms with Crippen molar-refractivity contribution < 1.29 is 8.37 Å². The minimum absolute atomic E-state index is 0.706. The highest BCUT2D eigenvalue weighted by Crippen LogP contribution is 2.29. The summed E-state index contributed by atoms with van der Waals surface area (Å²) in [5.74, 6) is 1.44. The molecule has 0 aliphatic rings. The molecule has 0 aromatic heterocycles. The standard InChI is InChI=1S/C10H8O2S2/c13-11-8-4-5-9-7(6-8)2-1-3-10(9)12-14/h1-6,13-14H. The summed E-state index contributed by atoms with van der Waals surface area (Å²) in [6.07, 6.45) is 0. The first-order valence-corrected chi connectivity index (χ1v) is 4.74. The summed E-state index contributed by atoms with van der Waals surface area (Å²) in [4.78, 5) is 0. The molecule has 72 valence electrons. The minimum atomic E-state index is 0.706. The van der Waals surface area contributed by atoms with E-state index in [4.69, 9.17) is 8.37 Å².